The molecule has 0 heterocycles. The Morgan fingerprint density at radius 2 is 1.33 bits per heavy atom. The Morgan fingerprint density at radius 3 is 1.79 bits per heavy atom. The standard InChI is InChI=1S/C14H10F9I/c15-11(16,12(17,18)13(19,20)14(21,22)23)8-10(24)7-6-9-4-2-1-3-5-9/h1-5,7H,6,8H2. The van der Waals surface area contributed by atoms with E-state index in [2.05, 4.69) is 0 Å². The summed E-state index contributed by atoms with van der Waals surface area (Å²) in [6.45, 7) is 0. The Kier molecular flexibility index (Phi) is 6.26. The first kappa shape index (κ1) is 21.1. The molecule has 10 heteroatoms. The van der Waals surface area contributed by atoms with Crippen LogP contribution < -0.4 is 0 Å². The van der Waals surface area contributed by atoms with Gasteiger partial charge in [0.2, 0.25) is 0 Å². The van der Waals surface area contributed by atoms with Crippen molar-refractivity contribution in [3.8, 4) is 0 Å². The van der Waals surface area contributed by atoms with Gasteiger partial charge in [0.25, 0.3) is 0 Å². The summed E-state index contributed by atoms with van der Waals surface area (Å²) >= 11 is 1.20. The molecule has 0 aromatic heterocycles. The van der Waals surface area contributed by atoms with Crippen LogP contribution in [0.15, 0.2) is 40.0 Å². The zero-order valence-electron chi connectivity index (χ0n) is 11.7. The lowest BCUT2D eigenvalue weighted by Gasteiger charge is -2.33. The fraction of sp³-hybridized carbons (Fsp3) is 0.429. The smallest absolute Gasteiger partial charge is 0.199 e. The molecule has 136 valence electrons. The zero-order valence-corrected chi connectivity index (χ0v) is 13.8. The van der Waals surface area contributed by atoms with Crippen LogP contribution >= 0.6 is 22.6 Å². The summed E-state index contributed by atoms with van der Waals surface area (Å²) in [5, 5.41) is 0. The Hall–Kier alpha value is -0.940. The van der Waals surface area contributed by atoms with Gasteiger partial charge in [-0.25, -0.2) is 0 Å². The molecule has 0 unspecified atom stereocenters. The van der Waals surface area contributed by atoms with Crippen molar-refractivity contribution >= 4 is 22.6 Å². The van der Waals surface area contributed by atoms with E-state index in [-0.39, 0.29) is 6.42 Å². The fourth-order valence-corrected chi connectivity index (χ4v) is 2.34. The number of alkyl halides is 9. The Bertz CT molecular complexity index is 576. The molecular weight excluding hydrogens is 466 g/mol. The zero-order chi connectivity index (χ0) is 18.8. The number of halogens is 10. The maximum absolute atomic E-state index is 13.4. The van der Waals surface area contributed by atoms with Gasteiger partial charge in [0.1, 0.15) is 0 Å². The van der Waals surface area contributed by atoms with Gasteiger partial charge < -0.3 is 0 Å². The summed E-state index contributed by atoms with van der Waals surface area (Å²) in [6.07, 6.45) is -7.62. The van der Waals surface area contributed by atoms with Crippen molar-refractivity contribution in [3.05, 3.63) is 45.6 Å². The average molecular weight is 476 g/mol. The minimum Gasteiger partial charge on any atom is -0.199 e. The van der Waals surface area contributed by atoms with Crippen LogP contribution in [0.5, 0.6) is 0 Å². The minimum atomic E-state index is -6.85. The van der Waals surface area contributed by atoms with Crippen molar-refractivity contribution in [2.24, 2.45) is 0 Å². The highest BCUT2D eigenvalue weighted by molar-refractivity contribution is 14.1. The molecule has 0 aliphatic rings. The third kappa shape index (κ3) is 4.37. The van der Waals surface area contributed by atoms with Gasteiger partial charge in [0.05, 0.1) is 0 Å². The first-order chi connectivity index (χ1) is 10.7. The molecule has 0 atom stereocenters. The lowest BCUT2D eigenvalue weighted by atomic mass is 10.0. The lowest BCUT2D eigenvalue weighted by molar-refractivity contribution is -0.395. The quantitative estimate of drug-likeness (QED) is 0.329. The molecule has 0 bridgehead atoms. The van der Waals surface area contributed by atoms with Crippen molar-refractivity contribution in [2.75, 3.05) is 0 Å². The van der Waals surface area contributed by atoms with Crippen LogP contribution in [0, 0.1) is 0 Å². The third-order valence-corrected chi connectivity index (χ3v) is 3.82. The highest BCUT2D eigenvalue weighted by Gasteiger charge is 2.81. The monoisotopic (exact) mass is 476 g/mol. The summed E-state index contributed by atoms with van der Waals surface area (Å²) < 4.78 is 114. The number of hydrogen-bond acceptors (Lipinski definition) is 0. The topological polar surface area (TPSA) is 0 Å². The molecule has 0 nitrogen and oxygen atoms in total. The van der Waals surface area contributed by atoms with Gasteiger partial charge in [-0.3, -0.25) is 0 Å². The molecular formula is C14H10F9I. The van der Waals surface area contributed by atoms with Crippen LogP contribution in [-0.2, 0) is 6.42 Å². The maximum Gasteiger partial charge on any atom is 0.460 e. The first-order valence-corrected chi connectivity index (χ1v) is 7.39. The Morgan fingerprint density at radius 1 is 0.833 bits per heavy atom. The number of benzene rings is 1. The van der Waals surface area contributed by atoms with Crippen LogP contribution in [0.2, 0.25) is 0 Å². The summed E-state index contributed by atoms with van der Waals surface area (Å²) in [5.74, 6) is -19.0. The highest BCUT2D eigenvalue weighted by atomic mass is 127. The van der Waals surface area contributed by atoms with E-state index < -0.39 is 33.9 Å². The predicted octanol–water partition coefficient (Wildman–Crippen LogP) is 6.41. The SMILES string of the molecule is FC(F)(F)C(F)(F)C(F)(F)C(F)(F)CC(I)=CCc1ccccc1. The molecule has 0 aliphatic carbocycles. The molecule has 0 saturated carbocycles. The van der Waals surface area contributed by atoms with E-state index in [1.54, 1.807) is 30.3 Å². The van der Waals surface area contributed by atoms with Crippen molar-refractivity contribution in [3.63, 3.8) is 0 Å². The Balaban J connectivity index is 2.95. The first-order valence-electron chi connectivity index (χ1n) is 6.31. The van der Waals surface area contributed by atoms with Gasteiger partial charge in [0, 0.05) is 6.42 Å². The molecule has 0 spiro atoms. The summed E-state index contributed by atoms with van der Waals surface area (Å²) in [4.78, 5) is 0. The van der Waals surface area contributed by atoms with Crippen LogP contribution in [0.25, 0.3) is 0 Å². The normalized spacial score (nSPS) is 14.8. The second-order valence-corrected chi connectivity index (χ2v) is 6.25. The number of rotatable bonds is 6. The number of allylic oxidation sites excluding steroid dienone is 2. The number of hydrogen-bond donors (Lipinski definition) is 0. The van der Waals surface area contributed by atoms with Crippen LogP contribution in [0.1, 0.15) is 12.0 Å². The van der Waals surface area contributed by atoms with Gasteiger partial charge in [-0.1, -0.05) is 36.4 Å². The van der Waals surface area contributed by atoms with Gasteiger partial charge in [-0.2, -0.15) is 39.5 Å². The second kappa shape index (κ2) is 7.12. The molecule has 0 amide bonds. The second-order valence-electron chi connectivity index (χ2n) is 4.87. The highest BCUT2D eigenvalue weighted by Crippen LogP contribution is 2.54. The van der Waals surface area contributed by atoms with Crippen LogP contribution in [-0.4, -0.2) is 23.9 Å². The summed E-state index contributed by atoms with van der Waals surface area (Å²) in [6, 6.07) is 8.13. The van der Waals surface area contributed by atoms with E-state index >= 15 is 0 Å². The maximum atomic E-state index is 13.4. The van der Waals surface area contributed by atoms with E-state index in [0.29, 0.717) is 5.56 Å². The third-order valence-electron chi connectivity index (χ3n) is 3.00. The minimum absolute atomic E-state index is 0.0381. The summed E-state index contributed by atoms with van der Waals surface area (Å²) in [5.41, 5.74) is 0.627. The molecule has 0 saturated heterocycles. The predicted molar refractivity (Wildman–Crippen MR) is 77.8 cm³/mol. The molecule has 0 N–H and O–H groups in total. The van der Waals surface area contributed by atoms with Crippen LogP contribution in [0.3, 0.4) is 0 Å². The molecule has 0 radical (unpaired) electrons. The average Bonchev–Trinajstić information content (AvgIpc) is 2.44. The summed E-state index contributed by atoms with van der Waals surface area (Å²) in [7, 11) is 0. The van der Waals surface area contributed by atoms with E-state index in [1.807, 2.05) is 0 Å². The van der Waals surface area contributed by atoms with E-state index in [9.17, 15) is 39.5 Å². The van der Waals surface area contributed by atoms with Crippen molar-refractivity contribution in [2.45, 2.75) is 36.8 Å². The van der Waals surface area contributed by atoms with E-state index in [0.717, 1.165) is 6.08 Å². The van der Waals surface area contributed by atoms with E-state index in [1.165, 1.54) is 22.6 Å². The van der Waals surface area contributed by atoms with Gasteiger partial charge in [-0.05, 0) is 38.2 Å². The van der Waals surface area contributed by atoms with Crippen molar-refractivity contribution in [1.29, 1.82) is 0 Å². The van der Waals surface area contributed by atoms with Crippen molar-refractivity contribution in [1.82, 2.24) is 0 Å². The largest absolute Gasteiger partial charge is 0.460 e. The van der Waals surface area contributed by atoms with Crippen LogP contribution in [0.4, 0.5) is 39.5 Å². The molecule has 0 fully saturated rings. The van der Waals surface area contributed by atoms with Crippen molar-refractivity contribution < 1.29 is 39.5 Å². The fourth-order valence-electron chi connectivity index (χ4n) is 1.65. The molecule has 1 rings (SSSR count). The van der Waals surface area contributed by atoms with Gasteiger partial charge in [-0.15, -0.1) is 0 Å². The lowest BCUT2D eigenvalue weighted by Crippen LogP contribution is -2.60. The molecule has 0 aliphatic heterocycles. The van der Waals surface area contributed by atoms with Gasteiger partial charge >= 0.3 is 23.9 Å². The molecule has 1 aromatic carbocycles. The Labute approximate surface area is 144 Å². The molecule has 24 heavy (non-hydrogen) atoms. The van der Waals surface area contributed by atoms with Gasteiger partial charge in [0.15, 0.2) is 0 Å². The van der Waals surface area contributed by atoms with E-state index in [4.69, 9.17) is 0 Å². The molecule has 1 aromatic rings.